The fourth-order valence-corrected chi connectivity index (χ4v) is 5.58. The molecule has 212 valence electrons. The summed E-state index contributed by atoms with van der Waals surface area (Å²) in [5.74, 6) is 3.82. The van der Waals surface area contributed by atoms with Crippen molar-refractivity contribution in [1.82, 2.24) is 29.5 Å². The van der Waals surface area contributed by atoms with Crippen molar-refractivity contribution in [3.8, 4) is 17.3 Å². The molecule has 2 N–H and O–H groups in total. The Labute approximate surface area is 233 Å². The summed E-state index contributed by atoms with van der Waals surface area (Å²) >= 11 is 0. The Bertz CT molecular complexity index is 1410. The van der Waals surface area contributed by atoms with Gasteiger partial charge in [0.25, 0.3) is 5.78 Å². The molecule has 6 rings (SSSR count). The Morgan fingerprint density at radius 3 is 2.55 bits per heavy atom. The number of hydrogen-bond donors (Lipinski definition) is 1. The fourth-order valence-electron chi connectivity index (χ4n) is 5.58. The van der Waals surface area contributed by atoms with Crippen molar-refractivity contribution in [2.24, 2.45) is 5.92 Å². The monoisotopic (exact) mass is 547 g/mol. The van der Waals surface area contributed by atoms with Crippen LogP contribution in [-0.4, -0.2) is 95.6 Å². The Morgan fingerprint density at radius 2 is 1.80 bits per heavy atom. The molecular weight excluding hydrogens is 510 g/mol. The highest BCUT2D eigenvalue weighted by Gasteiger charge is 2.27. The van der Waals surface area contributed by atoms with E-state index in [0.29, 0.717) is 42.4 Å². The summed E-state index contributed by atoms with van der Waals surface area (Å²) in [4.78, 5) is 21.1. The maximum Gasteiger partial charge on any atom is 0.259 e. The Morgan fingerprint density at radius 1 is 0.975 bits per heavy atom. The van der Waals surface area contributed by atoms with Crippen LogP contribution in [0.3, 0.4) is 0 Å². The normalized spacial score (nSPS) is 18.5. The van der Waals surface area contributed by atoms with Crippen LogP contribution in [0.2, 0.25) is 0 Å². The molecule has 0 aliphatic carbocycles. The zero-order chi connectivity index (χ0) is 27.5. The molecular formula is C28H37N9O3. The Kier molecular flexibility index (Phi) is 7.69. The molecule has 1 unspecified atom stereocenters. The first-order valence-electron chi connectivity index (χ1n) is 14.0. The number of piperazine rings is 1. The number of piperidine rings is 1. The average molecular weight is 548 g/mol. The van der Waals surface area contributed by atoms with Gasteiger partial charge in [-0.15, -0.1) is 5.10 Å². The Balaban J connectivity index is 1.04. The zero-order valence-corrected chi connectivity index (χ0v) is 23.2. The summed E-state index contributed by atoms with van der Waals surface area (Å²) in [5.41, 5.74) is 8.48. The number of hydrogen-bond acceptors (Lipinski definition) is 11. The lowest BCUT2D eigenvalue weighted by molar-refractivity contribution is 0.146. The number of anilines is 3. The lowest BCUT2D eigenvalue weighted by Gasteiger charge is -2.40. The van der Waals surface area contributed by atoms with Gasteiger partial charge in [-0.25, -0.2) is 0 Å². The first-order valence-corrected chi connectivity index (χ1v) is 14.0. The average Bonchev–Trinajstić information content (AvgIpc) is 3.60. The number of aromatic nitrogens is 5. The molecule has 5 heterocycles. The first kappa shape index (κ1) is 26.3. The van der Waals surface area contributed by atoms with Crippen LogP contribution in [0.15, 0.2) is 41.0 Å². The van der Waals surface area contributed by atoms with Gasteiger partial charge >= 0.3 is 0 Å². The topological polar surface area (TPSA) is 123 Å². The third-order valence-electron chi connectivity index (χ3n) is 7.74. The second-order valence-corrected chi connectivity index (χ2v) is 10.5. The van der Waals surface area contributed by atoms with Crippen LogP contribution in [0.25, 0.3) is 17.4 Å². The van der Waals surface area contributed by atoms with Crippen LogP contribution in [0, 0.1) is 12.8 Å². The van der Waals surface area contributed by atoms with E-state index in [1.54, 1.807) is 13.4 Å². The van der Waals surface area contributed by atoms with Crippen molar-refractivity contribution < 1.29 is 13.9 Å². The van der Waals surface area contributed by atoms with Crippen molar-refractivity contribution in [3.63, 3.8) is 0 Å². The molecule has 2 aliphatic heterocycles. The van der Waals surface area contributed by atoms with Crippen LogP contribution >= 0.6 is 0 Å². The van der Waals surface area contributed by atoms with Gasteiger partial charge in [0.2, 0.25) is 17.7 Å². The molecule has 2 saturated heterocycles. The van der Waals surface area contributed by atoms with E-state index in [1.165, 1.54) is 16.6 Å². The fraction of sp³-hybridized carbons (Fsp3) is 0.500. The van der Waals surface area contributed by atoms with Gasteiger partial charge in [-0.3, -0.25) is 4.90 Å². The van der Waals surface area contributed by atoms with Crippen molar-refractivity contribution >= 4 is 23.4 Å². The van der Waals surface area contributed by atoms with Crippen LogP contribution in [0.1, 0.15) is 18.4 Å². The standard InChI is InChI=1S/C28H37N9O3/c1-20-9-15-40-24(20)25-30-28-32-27(31-26(29)37(28)33-25)36-10-3-4-21(19-36)18-34-11-13-35(14-12-34)22-5-7-23(8-6-22)39-17-16-38-2/h5-9,15,21H,3-4,10-14,16-19H2,1-2H3,(H2,29,30,31,32,33). The molecule has 2 aliphatic rings. The molecule has 1 aromatic carbocycles. The number of rotatable bonds is 9. The third kappa shape index (κ3) is 5.68. The van der Waals surface area contributed by atoms with Crippen molar-refractivity contribution in [2.75, 3.05) is 81.7 Å². The van der Waals surface area contributed by atoms with Gasteiger partial charge in [0, 0.05) is 58.6 Å². The molecule has 40 heavy (non-hydrogen) atoms. The van der Waals surface area contributed by atoms with Crippen LogP contribution in [0.4, 0.5) is 17.6 Å². The summed E-state index contributed by atoms with van der Waals surface area (Å²) in [6, 6.07) is 10.3. The van der Waals surface area contributed by atoms with Gasteiger partial charge in [-0.2, -0.15) is 19.5 Å². The Hall–Kier alpha value is -3.90. The molecule has 3 aromatic heterocycles. The number of furan rings is 1. The predicted molar refractivity (Wildman–Crippen MR) is 153 cm³/mol. The number of methoxy groups -OCH3 is 1. The number of nitrogen functional groups attached to an aromatic ring is 1. The quantitative estimate of drug-likeness (QED) is 0.311. The third-order valence-corrected chi connectivity index (χ3v) is 7.74. The van der Waals surface area contributed by atoms with Gasteiger partial charge in [-0.1, -0.05) is 0 Å². The minimum atomic E-state index is 0.274. The molecule has 1 atom stereocenters. The number of ether oxygens (including phenoxy) is 2. The van der Waals surface area contributed by atoms with E-state index >= 15 is 0 Å². The molecule has 4 aromatic rings. The van der Waals surface area contributed by atoms with Crippen molar-refractivity contribution in [3.05, 3.63) is 42.2 Å². The summed E-state index contributed by atoms with van der Waals surface area (Å²) in [6.45, 7) is 10.1. The highest BCUT2D eigenvalue weighted by Crippen LogP contribution is 2.26. The SMILES string of the molecule is COCCOc1ccc(N2CCN(CC3CCCN(c4nc(N)n5nc(-c6occc6C)nc5n4)C3)CC2)cc1. The number of aryl methyl sites for hydroxylation is 1. The highest BCUT2D eigenvalue weighted by atomic mass is 16.5. The van der Waals surface area contributed by atoms with Gasteiger partial charge in [-0.05, 0) is 61.6 Å². The number of fused-ring (bicyclic) bond motifs is 1. The highest BCUT2D eigenvalue weighted by molar-refractivity contribution is 5.56. The maximum atomic E-state index is 6.28. The van der Waals surface area contributed by atoms with E-state index in [0.717, 1.165) is 63.5 Å². The smallest absolute Gasteiger partial charge is 0.259 e. The molecule has 0 spiro atoms. The van der Waals surface area contributed by atoms with Gasteiger partial charge in [0.1, 0.15) is 12.4 Å². The van der Waals surface area contributed by atoms with Crippen molar-refractivity contribution in [2.45, 2.75) is 19.8 Å². The number of nitrogens with two attached hydrogens (primary N) is 1. The van der Waals surface area contributed by atoms with Gasteiger partial charge in [0.15, 0.2) is 5.76 Å². The first-order chi connectivity index (χ1) is 19.6. The molecule has 0 bridgehead atoms. The van der Waals surface area contributed by atoms with E-state index in [-0.39, 0.29) is 5.95 Å². The van der Waals surface area contributed by atoms with Crippen molar-refractivity contribution in [1.29, 1.82) is 0 Å². The van der Waals surface area contributed by atoms with E-state index in [9.17, 15) is 0 Å². The minimum absolute atomic E-state index is 0.274. The molecule has 12 heteroatoms. The van der Waals surface area contributed by atoms with E-state index in [2.05, 4.69) is 41.9 Å². The number of nitrogens with zero attached hydrogens (tertiary/aromatic N) is 8. The lowest BCUT2D eigenvalue weighted by Crippen LogP contribution is -2.49. The zero-order valence-electron chi connectivity index (χ0n) is 23.2. The van der Waals surface area contributed by atoms with Gasteiger partial charge < -0.3 is 29.4 Å². The van der Waals surface area contributed by atoms with Crippen LogP contribution in [-0.2, 0) is 4.74 Å². The minimum Gasteiger partial charge on any atom is -0.491 e. The largest absolute Gasteiger partial charge is 0.491 e. The second kappa shape index (κ2) is 11.7. The molecule has 0 amide bonds. The van der Waals surface area contributed by atoms with E-state index in [1.807, 2.05) is 25.1 Å². The van der Waals surface area contributed by atoms with Crippen LogP contribution in [0.5, 0.6) is 5.75 Å². The summed E-state index contributed by atoms with van der Waals surface area (Å²) in [6.07, 6.45) is 3.93. The van der Waals surface area contributed by atoms with E-state index < -0.39 is 0 Å². The molecule has 0 saturated carbocycles. The number of benzene rings is 1. The van der Waals surface area contributed by atoms with Crippen LogP contribution < -0.4 is 20.3 Å². The second-order valence-electron chi connectivity index (χ2n) is 10.5. The summed E-state index contributed by atoms with van der Waals surface area (Å²) in [7, 11) is 1.68. The lowest BCUT2D eigenvalue weighted by atomic mass is 9.97. The van der Waals surface area contributed by atoms with Gasteiger partial charge in [0.05, 0.1) is 12.9 Å². The predicted octanol–water partition coefficient (Wildman–Crippen LogP) is 2.73. The summed E-state index contributed by atoms with van der Waals surface area (Å²) in [5, 5.41) is 4.46. The maximum absolute atomic E-state index is 6.28. The van der Waals surface area contributed by atoms with E-state index in [4.69, 9.17) is 24.6 Å². The molecule has 2 fully saturated rings. The summed E-state index contributed by atoms with van der Waals surface area (Å²) < 4.78 is 17.8. The molecule has 0 radical (unpaired) electrons. The molecule has 12 nitrogen and oxygen atoms in total.